The smallest absolute Gasteiger partial charge is 0.251 e. The Hall–Kier alpha value is -2.08. The summed E-state index contributed by atoms with van der Waals surface area (Å²) in [7, 11) is 0. The van der Waals surface area contributed by atoms with Gasteiger partial charge >= 0.3 is 0 Å². The molecule has 1 fully saturated rings. The van der Waals surface area contributed by atoms with Gasteiger partial charge in [-0.1, -0.05) is 26.7 Å². The lowest BCUT2D eigenvalue weighted by Crippen LogP contribution is -2.50. The molecule has 0 saturated carbocycles. The normalized spacial score (nSPS) is 16.1. The number of ether oxygens (including phenoxy) is 1. The molecule has 0 aliphatic carbocycles. The van der Waals surface area contributed by atoms with Crippen LogP contribution in [0.25, 0.3) is 0 Å². The summed E-state index contributed by atoms with van der Waals surface area (Å²) >= 11 is 0. The highest BCUT2D eigenvalue weighted by Gasteiger charge is 2.24. The molecule has 1 heterocycles. The highest BCUT2D eigenvalue weighted by Crippen LogP contribution is 2.13. The highest BCUT2D eigenvalue weighted by atomic mass is 16.5. The van der Waals surface area contributed by atoms with Crippen molar-refractivity contribution in [3.05, 3.63) is 29.8 Å². The first-order valence-corrected chi connectivity index (χ1v) is 11.0. The zero-order valence-electron chi connectivity index (χ0n) is 18.2. The molecule has 0 radical (unpaired) electrons. The van der Waals surface area contributed by atoms with Crippen molar-refractivity contribution in [2.24, 2.45) is 5.92 Å². The van der Waals surface area contributed by atoms with Crippen LogP contribution < -0.4 is 15.4 Å². The Balaban J connectivity index is 1.79. The van der Waals surface area contributed by atoms with E-state index in [9.17, 15) is 9.59 Å². The highest BCUT2D eigenvalue weighted by molar-refractivity contribution is 5.97. The lowest BCUT2D eigenvalue weighted by Gasteiger charge is -2.23. The van der Waals surface area contributed by atoms with Crippen LogP contribution in [-0.2, 0) is 4.79 Å². The van der Waals surface area contributed by atoms with Gasteiger partial charge in [0.15, 0.2) is 0 Å². The maximum absolute atomic E-state index is 12.6. The lowest BCUT2D eigenvalue weighted by molar-refractivity contribution is -0.123. The van der Waals surface area contributed by atoms with E-state index in [1.54, 1.807) is 24.3 Å². The molecule has 6 nitrogen and oxygen atoms in total. The zero-order valence-corrected chi connectivity index (χ0v) is 18.2. The fraction of sp³-hybridized carbons (Fsp3) is 0.652. The van der Waals surface area contributed by atoms with Crippen LogP contribution in [0.1, 0.15) is 63.2 Å². The van der Waals surface area contributed by atoms with Gasteiger partial charge < -0.3 is 20.3 Å². The molecule has 1 aliphatic heterocycles. The van der Waals surface area contributed by atoms with Crippen molar-refractivity contribution in [1.82, 2.24) is 15.5 Å². The Bertz CT molecular complexity index is 623. The molecule has 0 spiro atoms. The third-order valence-electron chi connectivity index (χ3n) is 5.31. The SMILES string of the molecule is CCOc1ccc(C(=O)NC(C(=O)NCCCN2CCCCCC2)C(C)C)cc1. The summed E-state index contributed by atoms with van der Waals surface area (Å²) in [5.74, 6) is 0.375. The van der Waals surface area contributed by atoms with Crippen LogP contribution in [0.3, 0.4) is 0 Å². The zero-order chi connectivity index (χ0) is 21.1. The predicted molar refractivity (Wildman–Crippen MR) is 116 cm³/mol. The van der Waals surface area contributed by atoms with Gasteiger partial charge in [0, 0.05) is 12.1 Å². The second-order valence-corrected chi connectivity index (χ2v) is 8.05. The maximum atomic E-state index is 12.6. The summed E-state index contributed by atoms with van der Waals surface area (Å²) < 4.78 is 5.40. The minimum atomic E-state index is -0.549. The summed E-state index contributed by atoms with van der Waals surface area (Å²) in [4.78, 5) is 27.7. The van der Waals surface area contributed by atoms with Crippen LogP contribution in [0.2, 0.25) is 0 Å². The van der Waals surface area contributed by atoms with Crippen LogP contribution in [-0.4, -0.2) is 55.5 Å². The van der Waals surface area contributed by atoms with Crippen molar-refractivity contribution >= 4 is 11.8 Å². The van der Waals surface area contributed by atoms with Gasteiger partial charge in [-0.25, -0.2) is 0 Å². The van der Waals surface area contributed by atoms with E-state index in [0.29, 0.717) is 18.7 Å². The van der Waals surface area contributed by atoms with Crippen molar-refractivity contribution in [2.75, 3.05) is 32.8 Å². The van der Waals surface area contributed by atoms with E-state index in [1.807, 2.05) is 20.8 Å². The van der Waals surface area contributed by atoms with E-state index in [2.05, 4.69) is 15.5 Å². The van der Waals surface area contributed by atoms with Gasteiger partial charge in [-0.05, 0) is 76.0 Å². The van der Waals surface area contributed by atoms with Gasteiger partial charge in [-0.15, -0.1) is 0 Å². The Morgan fingerprint density at radius 2 is 1.72 bits per heavy atom. The van der Waals surface area contributed by atoms with Crippen LogP contribution in [0.4, 0.5) is 0 Å². The fourth-order valence-electron chi connectivity index (χ4n) is 3.61. The first kappa shape index (κ1) is 23.2. The molecule has 0 aromatic heterocycles. The number of benzene rings is 1. The Kier molecular flexibility index (Phi) is 9.98. The second-order valence-electron chi connectivity index (χ2n) is 8.05. The summed E-state index contributed by atoms with van der Waals surface area (Å²) in [5.41, 5.74) is 0.521. The van der Waals surface area contributed by atoms with Gasteiger partial charge in [0.25, 0.3) is 5.91 Å². The molecule has 2 N–H and O–H groups in total. The molecule has 1 aliphatic rings. The van der Waals surface area contributed by atoms with Gasteiger partial charge in [0.1, 0.15) is 11.8 Å². The Morgan fingerprint density at radius 1 is 1.07 bits per heavy atom. The molecule has 1 aromatic carbocycles. The first-order valence-electron chi connectivity index (χ1n) is 11.0. The predicted octanol–water partition coefficient (Wildman–Crippen LogP) is 3.22. The fourth-order valence-corrected chi connectivity index (χ4v) is 3.61. The van der Waals surface area contributed by atoms with Crippen LogP contribution in [0.5, 0.6) is 5.75 Å². The molecule has 1 saturated heterocycles. The van der Waals surface area contributed by atoms with E-state index < -0.39 is 6.04 Å². The maximum Gasteiger partial charge on any atom is 0.251 e. The number of rotatable bonds is 10. The van der Waals surface area contributed by atoms with Crippen molar-refractivity contribution in [3.63, 3.8) is 0 Å². The third-order valence-corrected chi connectivity index (χ3v) is 5.31. The summed E-state index contributed by atoms with van der Waals surface area (Å²) in [6.45, 7) is 10.4. The molecular formula is C23H37N3O3. The van der Waals surface area contributed by atoms with E-state index >= 15 is 0 Å². The average Bonchev–Trinajstić information content (AvgIpc) is 2.98. The van der Waals surface area contributed by atoms with Crippen molar-refractivity contribution in [3.8, 4) is 5.75 Å². The molecule has 1 aromatic rings. The van der Waals surface area contributed by atoms with E-state index in [-0.39, 0.29) is 17.7 Å². The van der Waals surface area contributed by atoms with Crippen molar-refractivity contribution in [2.45, 2.75) is 58.9 Å². The van der Waals surface area contributed by atoms with Crippen LogP contribution in [0, 0.1) is 5.92 Å². The minimum absolute atomic E-state index is 0.00672. The number of nitrogens with zero attached hydrogens (tertiary/aromatic N) is 1. The standard InChI is InChI=1S/C23H37N3O3/c1-4-29-20-12-10-19(11-13-20)22(27)25-21(18(2)3)23(28)24-14-9-17-26-15-7-5-6-8-16-26/h10-13,18,21H,4-9,14-17H2,1-3H3,(H,24,28)(H,25,27). The summed E-state index contributed by atoms with van der Waals surface area (Å²) in [5, 5.41) is 5.88. The first-order chi connectivity index (χ1) is 14.0. The number of hydrogen-bond donors (Lipinski definition) is 2. The summed E-state index contributed by atoms with van der Waals surface area (Å²) in [6.07, 6.45) is 6.15. The number of carbonyl (C=O) groups is 2. The van der Waals surface area contributed by atoms with E-state index in [4.69, 9.17) is 4.74 Å². The largest absolute Gasteiger partial charge is 0.494 e. The number of hydrogen-bond acceptors (Lipinski definition) is 4. The Morgan fingerprint density at radius 3 is 2.31 bits per heavy atom. The second kappa shape index (κ2) is 12.5. The topological polar surface area (TPSA) is 70.7 Å². The number of amides is 2. The van der Waals surface area contributed by atoms with Gasteiger partial charge in [-0.2, -0.15) is 0 Å². The molecule has 2 amide bonds. The van der Waals surface area contributed by atoms with Gasteiger partial charge in [0.05, 0.1) is 6.61 Å². The lowest BCUT2D eigenvalue weighted by atomic mass is 10.0. The molecular weight excluding hydrogens is 366 g/mol. The quantitative estimate of drug-likeness (QED) is 0.589. The van der Waals surface area contributed by atoms with Crippen molar-refractivity contribution < 1.29 is 14.3 Å². The van der Waals surface area contributed by atoms with Gasteiger partial charge in [-0.3, -0.25) is 9.59 Å². The van der Waals surface area contributed by atoms with Gasteiger partial charge in [0.2, 0.25) is 5.91 Å². The van der Waals surface area contributed by atoms with Crippen LogP contribution in [0.15, 0.2) is 24.3 Å². The van der Waals surface area contributed by atoms with E-state index in [1.165, 1.54) is 38.8 Å². The molecule has 2 rings (SSSR count). The molecule has 1 atom stereocenters. The average molecular weight is 404 g/mol. The molecule has 1 unspecified atom stereocenters. The third kappa shape index (κ3) is 8.05. The summed E-state index contributed by atoms with van der Waals surface area (Å²) in [6, 6.07) is 6.43. The van der Waals surface area contributed by atoms with Crippen molar-refractivity contribution in [1.29, 1.82) is 0 Å². The number of carbonyl (C=O) groups excluding carboxylic acids is 2. The molecule has 0 bridgehead atoms. The molecule has 6 heteroatoms. The molecule has 29 heavy (non-hydrogen) atoms. The van der Waals surface area contributed by atoms with E-state index in [0.717, 1.165) is 18.7 Å². The minimum Gasteiger partial charge on any atom is -0.494 e. The number of likely N-dealkylation sites (tertiary alicyclic amines) is 1. The Labute approximate surface area is 175 Å². The van der Waals surface area contributed by atoms with Crippen LogP contribution >= 0.6 is 0 Å². The number of nitrogens with one attached hydrogen (secondary N) is 2. The molecule has 162 valence electrons. The monoisotopic (exact) mass is 403 g/mol.